The van der Waals surface area contributed by atoms with Crippen molar-refractivity contribution in [2.45, 2.75) is 42.9 Å². The van der Waals surface area contributed by atoms with Crippen molar-refractivity contribution in [1.82, 2.24) is 5.32 Å². The number of aliphatic hydroxyl groups excluding tert-OH is 4. The quantitative estimate of drug-likeness (QED) is 0.240. The molecular formula is C11H19NO9. The first kappa shape index (κ1) is 17.8. The molecule has 1 fully saturated rings. The molecule has 1 aliphatic heterocycles. The lowest BCUT2D eigenvalue weighted by atomic mass is 10.0. The zero-order valence-electron chi connectivity index (χ0n) is 11.0. The smallest absolute Gasteiger partial charge is 0.320 e. The van der Waals surface area contributed by atoms with Gasteiger partial charge in [-0.25, -0.2) is 0 Å². The highest BCUT2D eigenvalue weighted by atomic mass is 16.6. The van der Waals surface area contributed by atoms with Crippen molar-refractivity contribution < 1.29 is 45.0 Å². The molecule has 0 aromatic heterocycles. The highest BCUT2D eigenvalue weighted by molar-refractivity contribution is 5.75. The third-order valence-electron chi connectivity index (χ3n) is 3.32. The number of hydrogen-bond acceptors (Lipinski definition) is 8. The number of ether oxygens (including phenoxy) is 1. The van der Waals surface area contributed by atoms with E-state index in [9.17, 15) is 24.9 Å². The standard InChI is InChI=1S/C11H19NO9/c13-3-6-8(17)9(18)11(4-14,21-6)12-5(10(19)20)1-2-7(15)16/h5-6,8-9,12-14,17-18H,1-4H2,(H,15,16)(H,19,20)/t5-,6+,8+,9-,11?/m0/s1. The van der Waals surface area contributed by atoms with Crippen molar-refractivity contribution in [3.63, 3.8) is 0 Å². The number of hydrogen-bond donors (Lipinski definition) is 7. The first-order chi connectivity index (χ1) is 9.77. The summed E-state index contributed by atoms with van der Waals surface area (Å²) in [5.41, 5.74) is -1.99. The molecule has 0 saturated carbocycles. The molecule has 1 aliphatic rings. The van der Waals surface area contributed by atoms with E-state index < -0.39 is 61.7 Å². The van der Waals surface area contributed by atoms with Gasteiger partial charge < -0.3 is 35.4 Å². The Bertz CT molecular complexity index is 390. The van der Waals surface area contributed by atoms with Gasteiger partial charge in [-0.2, -0.15) is 0 Å². The summed E-state index contributed by atoms with van der Waals surface area (Å²) in [6, 6.07) is -1.42. The Morgan fingerprint density at radius 3 is 2.24 bits per heavy atom. The molecule has 1 saturated heterocycles. The second-order valence-electron chi connectivity index (χ2n) is 4.79. The van der Waals surface area contributed by atoms with E-state index in [1.165, 1.54) is 0 Å². The minimum absolute atomic E-state index is 0.317. The Morgan fingerprint density at radius 2 is 1.86 bits per heavy atom. The topological polar surface area (TPSA) is 177 Å². The fraction of sp³-hybridized carbons (Fsp3) is 0.818. The molecule has 10 nitrogen and oxygen atoms in total. The maximum Gasteiger partial charge on any atom is 0.320 e. The number of aliphatic carboxylic acids is 2. The first-order valence-corrected chi connectivity index (χ1v) is 6.25. The number of carboxylic acid groups (broad SMARTS) is 2. The maximum absolute atomic E-state index is 11.1. The number of aliphatic hydroxyl groups is 4. The monoisotopic (exact) mass is 309 g/mol. The summed E-state index contributed by atoms with van der Waals surface area (Å²) in [4.78, 5) is 21.6. The fourth-order valence-corrected chi connectivity index (χ4v) is 2.15. The van der Waals surface area contributed by atoms with E-state index in [1.807, 2.05) is 0 Å². The van der Waals surface area contributed by atoms with Gasteiger partial charge in [0.15, 0.2) is 5.72 Å². The average molecular weight is 309 g/mol. The van der Waals surface area contributed by atoms with Crippen LogP contribution in [0.25, 0.3) is 0 Å². The van der Waals surface area contributed by atoms with Crippen molar-refractivity contribution in [3.05, 3.63) is 0 Å². The van der Waals surface area contributed by atoms with E-state index in [0.29, 0.717) is 0 Å². The van der Waals surface area contributed by atoms with Crippen molar-refractivity contribution in [1.29, 1.82) is 0 Å². The van der Waals surface area contributed by atoms with E-state index in [-0.39, 0.29) is 6.42 Å². The summed E-state index contributed by atoms with van der Waals surface area (Å²) in [5, 5.41) is 57.9. The first-order valence-electron chi connectivity index (χ1n) is 6.25. The molecule has 0 aromatic rings. The van der Waals surface area contributed by atoms with Gasteiger partial charge in [0.1, 0.15) is 24.4 Å². The lowest BCUT2D eigenvalue weighted by Crippen LogP contribution is -2.62. The van der Waals surface area contributed by atoms with E-state index >= 15 is 0 Å². The molecule has 5 atom stereocenters. The van der Waals surface area contributed by atoms with Crippen LogP contribution in [-0.4, -0.2) is 85.9 Å². The molecular weight excluding hydrogens is 290 g/mol. The minimum atomic E-state index is -1.99. The Hall–Kier alpha value is -1.30. The van der Waals surface area contributed by atoms with E-state index in [1.54, 1.807) is 0 Å². The van der Waals surface area contributed by atoms with Crippen LogP contribution in [0, 0.1) is 0 Å². The Morgan fingerprint density at radius 1 is 1.24 bits per heavy atom. The lowest BCUT2D eigenvalue weighted by Gasteiger charge is -2.33. The van der Waals surface area contributed by atoms with Crippen LogP contribution in [0.2, 0.25) is 0 Å². The summed E-state index contributed by atoms with van der Waals surface area (Å²) in [7, 11) is 0. The molecule has 21 heavy (non-hydrogen) atoms. The van der Waals surface area contributed by atoms with Crippen LogP contribution in [0.15, 0.2) is 0 Å². The van der Waals surface area contributed by atoms with Crippen LogP contribution in [0.4, 0.5) is 0 Å². The maximum atomic E-state index is 11.1. The van der Waals surface area contributed by atoms with Crippen LogP contribution in [0.1, 0.15) is 12.8 Å². The zero-order chi connectivity index (χ0) is 16.2. The Balaban J connectivity index is 2.87. The normalized spacial score (nSPS) is 33.8. The lowest BCUT2D eigenvalue weighted by molar-refractivity contribution is -0.159. The van der Waals surface area contributed by atoms with Crippen molar-refractivity contribution in [2.75, 3.05) is 13.2 Å². The van der Waals surface area contributed by atoms with Gasteiger partial charge in [0.25, 0.3) is 0 Å². The van der Waals surface area contributed by atoms with Crippen molar-refractivity contribution in [2.24, 2.45) is 0 Å². The van der Waals surface area contributed by atoms with Crippen molar-refractivity contribution >= 4 is 11.9 Å². The highest BCUT2D eigenvalue weighted by Gasteiger charge is 2.55. The molecule has 0 amide bonds. The largest absolute Gasteiger partial charge is 0.481 e. The minimum Gasteiger partial charge on any atom is -0.481 e. The molecule has 122 valence electrons. The molecule has 1 heterocycles. The summed E-state index contributed by atoms with van der Waals surface area (Å²) < 4.78 is 5.14. The number of nitrogens with one attached hydrogen (secondary N) is 1. The summed E-state index contributed by atoms with van der Waals surface area (Å²) >= 11 is 0. The second-order valence-corrected chi connectivity index (χ2v) is 4.79. The Kier molecular flexibility index (Phi) is 6.01. The average Bonchev–Trinajstić information content (AvgIpc) is 2.68. The van der Waals surface area contributed by atoms with E-state index in [2.05, 4.69) is 5.32 Å². The Labute approximate surface area is 119 Å². The van der Waals surface area contributed by atoms with E-state index in [0.717, 1.165) is 0 Å². The van der Waals surface area contributed by atoms with Gasteiger partial charge >= 0.3 is 11.9 Å². The summed E-state index contributed by atoms with van der Waals surface area (Å²) in [6.45, 7) is -1.52. The van der Waals surface area contributed by atoms with Gasteiger partial charge in [-0.3, -0.25) is 14.9 Å². The predicted octanol–water partition coefficient (Wildman–Crippen LogP) is -3.30. The molecule has 0 radical (unpaired) electrons. The van der Waals surface area contributed by atoms with Gasteiger partial charge in [-0.05, 0) is 6.42 Å². The SMILES string of the molecule is O=C(O)CC[C@H](NC1(CO)O[C@H](CO)[C@@H](O)[C@@H]1O)C(=O)O. The molecule has 1 rings (SSSR count). The molecule has 7 N–H and O–H groups in total. The molecule has 0 aromatic carbocycles. The predicted molar refractivity (Wildman–Crippen MR) is 65.2 cm³/mol. The zero-order valence-corrected chi connectivity index (χ0v) is 11.0. The van der Waals surface area contributed by atoms with Crippen LogP contribution >= 0.6 is 0 Å². The van der Waals surface area contributed by atoms with Crippen LogP contribution in [0.5, 0.6) is 0 Å². The second kappa shape index (κ2) is 7.11. The van der Waals surface area contributed by atoms with Gasteiger partial charge in [0.05, 0.1) is 13.2 Å². The highest BCUT2D eigenvalue weighted by Crippen LogP contribution is 2.29. The van der Waals surface area contributed by atoms with Gasteiger partial charge in [-0.1, -0.05) is 0 Å². The van der Waals surface area contributed by atoms with Gasteiger partial charge in [-0.15, -0.1) is 0 Å². The molecule has 0 aliphatic carbocycles. The fourth-order valence-electron chi connectivity index (χ4n) is 2.15. The third kappa shape index (κ3) is 3.87. The number of carboxylic acids is 2. The van der Waals surface area contributed by atoms with Crippen molar-refractivity contribution in [3.8, 4) is 0 Å². The summed E-state index contributed by atoms with van der Waals surface area (Å²) in [6.07, 6.45) is -5.18. The molecule has 0 bridgehead atoms. The van der Waals surface area contributed by atoms with Crippen LogP contribution in [-0.2, 0) is 14.3 Å². The van der Waals surface area contributed by atoms with E-state index in [4.69, 9.17) is 20.1 Å². The molecule has 0 spiro atoms. The molecule has 1 unspecified atom stereocenters. The van der Waals surface area contributed by atoms with Gasteiger partial charge in [0, 0.05) is 6.42 Å². The van der Waals surface area contributed by atoms with Crippen LogP contribution < -0.4 is 5.32 Å². The third-order valence-corrected chi connectivity index (χ3v) is 3.32. The summed E-state index contributed by atoms with van der Waals surface area (Å²) in [5.74, 6) is -2.61. The van der Waals surface area contributed by atoms with Gasteiger partial charge in [0.2, 0.25) is 0 Å². The number of carbonyl (C=O) groups is 2. The molecule has 10 heteroatoms. The number of rotatable bonds is 8. The van der Waals surface area contributed by atoms with Crippen LogP contribution in [0.3, 0.4) is 0 Å².